The van der Waals surface area contributed by atoms with Crippen LogP contribution in [0.15, 0.2) is 18.5 Å². The first kappa shape index (κ1) is 14.3. The topological polar surface area (TPSA) is 54.7 Å². The summed E-state index contributed by atoms with van der Waals surface area (Å²) in [5.74, 6) is 1.00. The van der Waals surface area contributed by atoms with Gasteiger partial charge in [-0.3, -0.25) is 0 Å². The average Bonchev–Trinajstić information content (AvgIpc) is 2.88. The van der Waals surface area contributed by atoms with Crippen LogP contribution in [0.1, 0.15) is 19.0 Å². The maximum atomic E-state index is 5.65. The number of anilines is 1. The van der Waals surface area contributed by atoms with Gasteiger partial charge in [0.1, 0.15) is 5.52 Å². The second-order valence-electron chi connectivity index (χ2n) is 5.49. The van der Waals surface area contributed by atoms with Crippen molar-refractivity contribution < 1.29 is 4.74 Å². The first-order valence-corrected chi connectivity index (χ1v) is 7.65. The Hall–Kier alpha value is -1.66. The maximum Gasteiger partial charge on any atom is 0.155 e. The lowest BCUT2D eigenvalue weighted by Crippen LogP contribution is -2.51. The molecule has 6 nitrogen and oxygen atoms in total. The SMILES string of the molecule is CCCNCC1COCCN1c1nccn2nc(C)cc12. The van der Waals surface area contributed by atoms with E-state index in [0.717, 1.165) is 56.3 Å². The molecule has 1 N–H and O–H groups in total. The van der Waals surface area contributed by atoms with Gasteiger partial charge in [0.05, 0.1) is 24.9 Å². The molecule has 2 aromatic heterocycles. The van der Waals surface area contributed by atoms with E-state index in [4.69, 9.17) is 4.74 Å². The summed E-state index contributed by atoms with van der Waals surface area (Å²) in [5, 5.41) is 7.96. The molecule has 21 heavy (non-hydrogen) atoms. The molecule has 1 unspecified atom stereocenters. The fourth-order valence-electron chi connectivity index (χ4n) is 2.80. The summed E-state index contributed by atoms with van der Waals surface area (Å²) in [7, 11) is 0. The smallest absolute Gasteiger partial charge is 0.155 e. The van der Waals surface area contributed by atoms with Crippen molar-refractivity contribution >= 4 is 11.3 Å². The second kappa shape index (κ2) is 6.41. The number of aromatic nitrogens is 3. The van der Waals surface area contributed by atoms with Crippen molar-refractivity contribution in [2.24, 2.45) is 0 Å². The van der Waals surface area contributed by atoms with Gasteiger partial charge in [-0.25, -0.2) is 9.50 Å². The molecule has 1 fully saturated rings. The molecule has 0 bridgehead atoms. The van der Waals surface area contributed by atoms with Crippen molar-refractivity contribution in [1.82, 2.24) is 19.9 Å². The Labute approximate surface area is 125 Å². The van der Waals surface area contributed by atoms with Gasteiger partial charge in [0.15, 0.2) is 5.82 Å². The van der Waals surface area contributed by atoms with Crippen LogP contribution in [0.25, 0.3) is 5.52 Å². The molecule has 6 heteroatoms. The minimum absolute atomic E-state index is 0.319. The van der Waals surface area contributed by atoms with Crippen LogP contribution in [0.3, 0.4) is 0 Å². The first-order chi connectivity index (χ1) is 10.3. The number of nitrogens with one attached hydrogen (secondary N) is 1. The Kier molecular flexibility index (Phi) is 4.36. The molecule has 1 aliphatic heterocycles. The Morgan fingerprint density at radius 1 is 1.48 bits per heavy atom. The highest BCUT2D eigenvalue weighted by molar-refractivity contribution is 5.69. The van der Waals surface area contributed by atoms with Crippen LogP contribution < -0.4 is 10.2 Å². The third-order valence-corrected chi connectivity index (χ3v) is 3.80. The second-order valence-corrected chi connectivity index (χ2v) is 5.49. The molecular weight excluding hydrogens is 266 g/mol. The lowest BCUT2D eigenvalue weighted by atomic mass is 10.2. The zero-order valence-electron chi connectivity index (χ0n) is 12.7. The monoisotopic (exact) mass is 289 g/mol. The standard InChI is InChI=1S/C15H23N5O/c1-3-4-16-10-13-11-21-8-7-19(13)15-14-9-12(2)18-20(14)6-5-17-15/h5-6,9,13,16H,3-4,7-8,10-11H2,1-2H3. The Morgan fingerprint density at radius 2 is 2.38 bits per heavy atom. The Morgan fingerprint density at radius 3 is 3.24 bits per heavy atom. The molecule has 1 aliphatic rings. The Balaban J connectivity index is 1.87. The van der Waals surface area contributed by atoms with Gasteiger partial charge in [0.25, 0.3) is 0 Å². The molecule has 1 atom stereocenters. The number of nitrogens with zero attached hydrogens (tertiary/aromatic N) is 4. The molecule has 0 aliphatic carbocycles. The number of ether oxygens (including phenoxy) is 1. The molecule has 3 rings (SSSR count). The summed E-state index contributed by atoms with van der Waals surface area (Å²) in [6.07, 6.45) is 4.86. The van der Waals surface area contributed by atoms with Gasteiger partial charge in [-0.1, -0.05) is 6.92 Å². The molecule has 1 saturated heterocycles. The van der Waals surface area contributed by atoms with Crippen molar-refractivity contribution in [3.63, 3.8) is 0 Å². The van der Waals surface area contributed by atoms with Gasteiger partial charge >= 0.3 is 0 Å². The van der Waals surface area contributed by atoms with Crippen LogP contribution in [-0.4, -0.2) is 53.5 Å². The highest BCUT2D eigenvalue weighted by atomic mass is 16.5. The van der Waals surface area contributed by atoms with Crippen molar-refractivity contribution in [3.05, 3.63) is 24.2 Å². The number of aryl methyl sites for hydroxylation is 1. The van der Waals surface area contributed by atoms with Crippen LogP contribution in [-0.2, 0) is 4.74 Å². The zero-order chi connectivity index (χ0) is 14.7. The van der Waals surface area contributed by atoms with Gasteiger partial charge in [-0.2, -0.15) is 5.10 Å². The van der Waals surface area contributed by atoms with E-state index < -0.39 is 0 Å². The van der Waals surface area contributed by atoms with E-state index in [2.05, 4.69) is 33.3 Å². The van der Waals surface area contributed by atoms with E-state index in [1.165, 1.54) is 0 Å². The third-order valence-electron chi connectivity index (χ3n) is 3.80. The molecule has 0 spiro atoms. The van der Waals surface area contributed by atoms with E-state index in [1.807, 2.05) is 23.8 Å². The third kappa shape index (κ3) is 3.01. The summed E-state index contributed by atoms with van der Waals surface area (Å²) in [5.41, 5.74) is 2.08. The fraction of sp³-hybridized carbons (Fsp3) is 0.600. The van der Waals surface area contributed by atoms with Crippen LogP contribution in [0.5, 0.6) is 0 Å². The van der Waals surface area contributed by atoms with Crippen LogP contribution >= 0.6 is 0 Å². The summed E-state index contributed by atoms with van der Waals surface area (Å²) < 4.78 is 7.56. The molecule has 0 amide bonds. The van der Waals surface area contributed by atoms with Crippen LogP contribution in [0.2, 0.25) is 0 Å². The highest BCUT2D eigenvalue weighted by Crippen LogP contribution is 2.23. The minimum atomic E-state index is 0.319. The molecule has 114 valence electrons. The van der Waals surface area contributed by atoms with E-state index in [-0.39, 0.29) is 0 Å². The summed E-state index contributed by atoms with van der Waals surface area (Å²) in [4.78, 5) is 6.95. The van der Waals surface area contributed by atoms with E-state index >= 15 is 0 Å². The van der Waals surface area contributed by atoms with Gasteiger partial charge in [0, 0.05) is 25.5 Å². The zero-order valence-corrected chi connectivity index (χ0v) is 12.7. The van der Waals surface area contributed by atoms with Crippen molar-refractivity contribution in [2.45, 2.75) is 26.3 Å². The van der Waals surface area contributed by atoms with Crippen molar-refractivity contribution in [2.75, 3.05) is 37.7 Å². The summed E-state index contributed by atoms with van der Waals surface area (Å²) in [6.45, 7) is 8.51. The van der Waals surface area contributed by atoms with Gasteiger partial charge < -0.3 is 15.0 Å². The van der Waals surface area contributed by atoms with Gasteiger partial charge in [-0.15, -0.1) is 0 Å². The first-order valence-electron chi connectivity index (χ1n) is 7.65. The van der Waals surface area contributed by atoms with E-state index in [0.29, 0.717) is 6.04 Å². The molecule has 0 saturated carbocycles. The van der Waals surface area contributed by atoms with E-state index in [9.17, 15) is 0 Å². The molecule has 3 heterocycles. The largest absolute Gasteiger partial charge is 0.377 e. The van der Waals surface area contributed by atoms with E-state index in [1.54, 1.807) is 0 Å². The number of hydrogen-bond acceptors (Lipinski definition) is 5. The molecular formula is C15H23N5O. The summed E-state index contributed by atoms with van der Waals surface area (Å²) in [6, 6.07) is 2.41. The number of hydrogen-bond donors (Lipinski definition) is 1. The van der Waals surface area contributed by atoms with Gasteiger partial charge in [-0.05, 0) is 26.0 Å². The Bertz CT molecular complexity index is 597. The van der Waals surface area contributed by atoms with Crippen molar-refractivity contribution in [1.29, 1.82) is 0 Å². The highest BCUT2D eigenvalue weighted by Gasteiger charge is 2.25. The minimum Gasteiger partial charge on any atom is -0.377 e. The predicted molar refractivity (Wildman–Crippen MR) is 82.8 cm³/mol. The lowest BCUT2D eigenvalue weighted by Gasteiger charge is -2.36. The predicted octanol–water partition coefficient (Wildman–Crippen LogP) is 1.24. The van der Waals surface area contributed by atoms with Crippen LogP contribution in [0, 0.1) is 6.92 Å². The lowest BCUT2D eigenvalue weighted by molar-refractivity contribution is 0.0935. The van der Waals surface area contributed by atoms with Crippen molar-refractivity contribution in [3.8, 4) is 0 Å². The van der Waals surface area contributed by atoms with Gasteiger partial charge in [0.2, 0.25) is 0 Å². The van der Waals surface area contributed by atoms with Crippen LogP contribution in [0.4, 0.5) is 5.82 Å². The number of morpholine rings is 1. The molecule has 0 aromatic carbocycles. The number of rotatable bonds is 5. The number of fused-ring (bicyclic) bond motifs is 1. The fourth-order valence-corrected chi connectivity index (χ4v) is 2.80. The average molecular weight is 289 g/mol. The molecule has 2 aromatic rings. The molecule has 0 radical (unpaired) electrons. The quantitative estimate of drug-likeness (QED) is 0.839. The summed E-state index contributed by atoms with van der Waals surface area (Å²) >= 11 is 0. The maximum absolute atomic E-state index is 5.65. The normalized spacial score (nSPS) is 19.3.